The predicted octanol–water partition coefficient (Wildman–Crippen LogP) is 6.95. The Morgan fingerprint density at radius 1 is 1.05 bits per heavy atom. The maximum Gasteiger partial charge on any atom is 0.163 e. The quantitative estimate of drug-likeness (QED) is 0.301. The number of hydrogen-bond donors (Lipinski definition) is 1. The van der Waals surface area contributed by atoms with Crippen molar-refractivity contribution in [3.63, 3.8) is 0 Å². The first-order valence-electron chi connectivity index (χ1n) is 14.7. The average Bonchev–Trinajstić information content (AvgIpc) is 2.92. The average molecular weight is 586 g/mol. The molecule has 220 valence electrons. The topological polar surface area (TPSA) is 81.5 Å². The molecule has 0 bridgehead atoms. The lowest BCUT2D eigenvalue weighted by Gasteiger charge is -2.46. The molecule has 2 aromatic carbocycles. The Hall–Kier alpha value is -3.44. The Kier molecular flexibility index (Phi) is 8.61. The summed E-state index contributed by atoms with van der Waals surface area (Å²) >= 11 is 6.62. The molecule has 0 amide bonds. The maximum absolute atomic E-state index is 13.2. The molecule has 8 heteroatoms. The van der Waals surface area contributed by atoms with Crippen LogP contribution in [0.2, 0.25) is 5.02 Å². The summed E-state index contributed by atoms with van der Waals surface area (Å²) < 4.78 is 6.15. The Balaban J connectivity index is 1.30. The molecule has 0 radical (unpaired) electrons. The third kappa shape index (κ3) is 6.95. The van der Waals surface area contributed by atoms with Crippen LogP contribution in [-0.4, -0.2) is 60.0 Å². The molecule has 3 heterocycles. The van der Waals surface area contributed by atoms with Crippen LogP contribution in [0.3, 0.4) is 0 Å². The number of halogens is 1. The summed E-state index contributed by atoms with van der Waals surface area (Å²) in [6, 6.07) is 17.0. The minimum Gasteiger partial charge on any atom is -0.454 e. The first-order chi connectivity index (χ1) is 19.9. The summed E-state index contributed by atoms with van der Waals surface area (Å²) in [6.07, 6.45) is 4.18. The Bertz CT molecular complexity index is 1470. The molecular formula is C34H40ClN5O2. The van der Waals surface area contributed by atoms with Gasteiger partial charge in [0.15, 0.2) is 5.78 Å². The van der Waals surface area contributed by atoms with E-state index in [0.29, 0.717) is 40.0 Å². The molecule has 2 fully saturated rings. The molecule has 2 aliphatic rings. The summed E-state index contributed by atoms with van der Waals surface area (Å²) in [7, 11) is 2.13. The summed E-state index contributed by atoms with van der Waals surface area (Å²) in [4.78, 5) is 22.5. The number of rotatable bonds is 7. The number of piperidine rings is 1. The molecule has 1 N–H and O–H groups in total. The molecule has 2 aliphatic heterocycles. The lowest BCUT2D eigenvalue weighted by atomic mass is 9.74. The van der Waals surface area contributed by atoms with Crippen LogP contribution in [0.4, 0.5) is 5.82 Å². The van der Waals surface area contributed by atoms with E-state index in [1.807, 2.05) is 30.5 Å². The third-order valence-electron chi connectivity index (χ3n) is 8.25. The number of carbonyl (C=O) groups is 1. The van der Waals surface area contributed by atoms with Gasteiger partial charge in [0, 0.05) is 66.6 Å². The first kappa shape index (κ1) is 30.0. The fraction of sp³-hybridized carbons (Fsp3) is 0.441. The van der Waals surface area contributed by atoms with Gasteiger partial charge in [-0.05, 0) is 89.9 Å². The highest BCUT2D eigenvalue weighted by atomic mass is 35.5. The van der Waals surface area contributed by atoms with Gasteiger partial charge in [0.05, 0.1) is 5.02 Å². The van der Waals surface area contributed by atoms with Gasteiger partial charge in [-0.1, -0.05) is 23.7 Å². The largest absolute Gasteiger partial charge is 0.454 e. The zero-order valence-electron chi connectivity index (χ0n) is 25.2. The molecule has 0 unspecified atom stereocenters. The highest BCUT2D eigenvalue weighted by Crippen LogP contribution is 2.38. The standard InChI is InChI=1S/C34H40ClN5O2/c1-33(2)19-23(20-34(3,4)38-33)17-29(41)24-9-11-31(28(35)18-24)42-30-8-6-7-26(27(30)21-36)25-10-12-32(37-22-25)40-15-13-39(5)14-16-40/h6-12,18,22-23,38H,13-17,19-20H2,1-5H3. The van der Waals surface area contributed by atoms with E-state index in [-0.39, 0.29) is 16.9 Å². The number of nitrogens with zero attached hydrogens (tertiary/aromatic N) is 4. The van der Waals surface area contributed by atoms with E-state index in [4.69, 9.17) is 21.3 Å². The number of likely N-dealkylation sites (N-methyl/N-ethyl adjacent to an activating group) is 1. The van der Waals surface area contributed by atoms with Gasteiger partial charge in [-0.2, -0.15) is 5.26 Å². The number of benzene rings is 2. The number of nitrogens with one attached hydrogen (secondary N) is 1. The van der Waals surface area contributed by atoms with Crippen molar-refractivity contribution in [3.05, 3.63) is 70.9 Å². The van der Waals surface area contributed by atoms with E-state index in [0.717, 1.165) is 56.0 Å². The van der Waals surface area contributed by atoms with Crippen molar-refractivity contribution in [2.75, 3.05) is 38.1 Å². The molecule has 1 aromatic heterocycles. The number of anilines is 1. The van der Waals surface area contributed by atoms with Crippen molar-refractivity contribution in [2.24, 2.45) is 5.92 Å². The minimum absolute atomic E-state index is 0.0161. The summed E-state index contributed by atoms with van der Waals surface area (Å²) in [6.45, 7) is 12.7. The van der Waals surface area contributed by atoms with Crippen LogP contribution in [-0.2, 0) is 0 Å². The van der Waals surface area contributed by atoms with Gasteiger partial charge in [-0.15, -0.1) is 0 Å². The van der Waals surface area contributed by atoms with Crippen molar-refractivity contribution >= 4 is 23.2 Å². The highest BCUT2D eigenvalue weighted by molar-refractivity contribution is 6.32. The fourth-order valence-electron chi connectivity index (χ4n) is 6.67. The molecule has 0 atom stereocenters. The lowest BCUT2D eigenvalue weighted by Crippen LogP contribution is -2.57. The van der Waals surface area contributed by atoms with E-state index in [2.05, 4.69) is 55.9 Å². The molecule has 0 spiro atoms. The van der Waals surface area contributed by atoms with Gasteiger partial charge in [-0.3, -0.25) is 4.79 Å². The minimum atomic E-state index is -0.0161. The van der Waals surface area contributed by atoms with E-state index in [9.17, 15) is 10.1 Å². The van der Waals surface area contributed by atoms with Crippen LogP contribution >= 0.6 is 11.6 Å². The third-order valence-corrected chi connectivity index (χ3v) is 8.54. The number of ether oxygens (including phenoxy) is 1. The number of carbonyl (C=O) groups excluding carboxylic acids is 1. The second kappa shape index (κ2) is 12.0. The van der Waals surface area contributed by atoms with Crippen molar-refractivity contribution in [1.29, 1.82) is 5.26 Å². The second-order valence-corrected chi connectivity index (χ2v) is 13.4. The number of nitriles is 1. The molecule has 3 aromatic rings. The van der Waals surface area contributed by atoms with Crippen molar-refractivity contribution < 1.29 is 9.53 Å². The molecule has 7 nitrogen and oxygen atoms in total. The van der Waals surface area contributed by atoms with E-state index < -0.39 is 0 Å². The molecule has 0 saturated carbocycles. The van der Waals surface area contributed by atoms with Crippen LogP contribution < -0.4 is 15.0 Å². The zero-order chi connectivity index (χ0) is 30.1. The molecule has 0 aliphatic carbocycles. The number of pyridine rings is 1. The van der Waals surface area contributed by atoms with Crippen molar-refractivity contribution in [3.8, 4) is 28.7 Å². The van der Waals surface area contributed by atoms with Crippen LogP contribution in [0.5, 0.6) is 11.5 Å². The number of aromatic nitrogens is 1. The van der Waals surface area contributed by atoms with Gasteiger partial charge in [0.2, 0.25) is 0 Å². The smallest absolute Gasteiger partial charge is 0.163 e. The van der Waals surface area contributed by atoms with Gasteiger partial charge >= 0.3 is 0 Å². The van der Waals surface area contributed by atoms with Crippen molar-refractivity contribution in [2.45, 2.75) is 58.0 Å². The molecule has 42 heavy (non-hydrogen) atoms. The van der Waals surface area contributed by atoms with Gasteiger partial charge in [-0.25, -0.2) is 4.98 Å². The van der Waals surface area contributed by atoms with Gasteiger partial charge in [0.1, 0.15) is 28.9 Å². The normalized spacial score (nSPS) is 18.8. The molecular weight excluding hydrogens is 546 g/mol. The van der Waals surface area contributed by atoms with E-state index in [1.165, 1.54) is 0 Å². The van der Waals surface area contributed by atoms with Crippen LogP contribution in [0.25, 0.3) is 11.1 Å². The SMILES string of the molecule is CN1CCN(c2ccc(-c3cccc(Oc4ccc(C(=O)CC5CC(C)(C)NC(C)(C)C5)cc4Cl)c3C#N)cn2)CC1. The second-order valence-electron chi connectivity index (χ2n) is 13.0. The first-order valence-corrected chi connectivity index (χ1v) is 15.0. The van der Waals surface area contributed by atoms with Gasteiger partial charge in [0.25, 0.3) is 0 Å². The Morgan fingerprint density at radius 3 is 2.38 bits per heavy atom. The van der Waals surface area contributed by atoms with Crippen molar-refractivity contribution in [1.82, 2.24) is 15.2 Å². The van der Waals surface area contributed by atoms with E-state index >= 15 is 0 Å². The Labute approximate surface area is 254 Å². The Morgan fingerprint density at radius 2 is 1.76 bits per heavy atom. The highest BCUT2D eigenvalue weighted by Gasteiger charge is 2.38. The monoisotopic (exact) mass is 585 g/mol. The summed E-state index contributed by atoms with van der Waals surface area (Å²) in [5.74, 6) is 2.11. The zero-order valence-corrected chi connectivity index (χ0v) is 26.0. The predicted molar refractivity (Wildman–Crippen MR) is 169 cm³/mol. The fourth-order valence-corrected chi connectivity index (χ4v) is 6.89. The summed E-state index contributed by atoms with van der Waals surface area (Å²) in [5.41, 5.74) is 2.52. The van der Waals surface area contributed by atoms with E-state index in [1.54, 1.807) is 24.3 Å². The number of ketones is 1. The summed E-state index contributed by atoms with van der Waals surface area (Å²) in [5, 5.41) is 14.1. The molecule has 2 saturated heterocycles. The maximum atomic E-state index is 13.2. The number of Topliss-reactive ketones (excluding diaryl/α,β-unsaturated/α-hetero) is 1. The van der Waals surface area contributed by atoms with Crippen LogP contribution in [0.1, 0.15) is 62.9 Å². The van der Waals surface area contributed by atoms with Crippen LogP contribution in [0.15, 0.2) is 54.7 Å². The van der Waals surface area contributed by atoms with Crippen LogP contribution in [0, 0.1) is 17.2 Å². The number of piperazine rings is 1. The molecule has 5 rings (SSSR count). The lowest BCUT2D eigenvalue weighted by molar-refractivity contribution is 0.0864. The van der Waals surface area contributed by atoms with Gasteiger partial charge < -0.3 is 19.9 Å². The number of hydrogen-bond acceptors (Lipinski definition) is 7.